The normalized spacial score (nSPS) is 13.9. The number of nitrogens with zero attached hydrogens (tertiary/aromatic N) is 1. The summed E-state index contributed by atoms with van der Waals surface area (Å²) >= 11 is 0. The van der Waals surface area contributed by atoms with Crippen molar-refractivity contribution in [2.24, 2.45) is 5.73 Å². The number of aryl methyl sites for hydroxylation is 1. The number of nitrogens with one attached hydrogen (secondary N) is 1. The molecule has 190 valence electrons. The van der Waals surface area contributed by atoms with E-state index in [-0.39, 0.29) is 5.91 Å². The molecular weight excluding hydrogens is 478 g/mol. The molecule has 0 radical (unpaired) electrons. The number of nitrogens with two attached hydrogens (primary N) is 1. The van der Waals surface area contributed by atoms with Gasteiger partial charge in [0.2, 0.25) is 0 Å². The molecule has 0 saturated carbocycles. The van der Waals surface area contributed by atoms with Crippen LogP contribution in [-0.2, 0) is 6.54 Å². The van der Waals surface area contributed by atoms with Gasteiger partial charge in [-0.1, -0.05) is 48.0 Å². The molecule has 7 nitrogen and oxygen atoms in total. The minimum Gasteiger partial charge on any atom is -0.393 e. The number of amides is 2. The maximum Gasteiger partial charge on any atom is 0.258 e. The van der Waals surface area contributed by atoms with Crippen molar-refractivity contribution in [2.75, 3.05) is 11.5 Å². The lowest BCUT2D eigenvalue weighted by Crippen LogP contribution is -2.24. The van der Waals surface area contributed by atoms with Crippen molar-refractivity contribution in [3.05, 3.63) is 100 Å². The van der Waals surface area contributed by atoms with Gasteiger partial charge in [0.05, 0.1) is 24.2 Å². The molecule has 5 aromatic rings. The second kappa shape index (κ2) is 8.83. The Morgan fingerprint density at radius 1 is 1.03 bits per heavy atom. The zero-order chi connectivity index (χ0) is 26.7. The highest BCUT2D eigenvalue weighted by Gasteiger charge is 2.30. The average molecular weight is 506 g/mol. The van der Waals surface area contributed by atoms with Gasteiger partial charge in [-0.25, -0.2) is 0 Å². The second-order valence-electron chi connectivity index (χ2n) is 9.90. The van der Waals surface area contributed by atoms with E-state index >= 15 is 0 Å². The van der Waals surface area contributed by atoms with Crippen LogP contribution in [0.4, 0.5) is 5.69 Å². The summed E-state index contributed by atoms with van der Waals surface area (Å²) in [5, 5.41) is 21.2. The fourth-order valence-corrected chi connectivity index (χ4v) is 5.62. The SMILES string of the molecule is Cc1ccc2c(c1)CN(c1cccc(-c3ccc(C(N)=O)c4[nH]c5cc(C(O)CO)ccc5c34)c1C)C2=O. The number of anilines is 1. The van der Waals surface area contributed by atoms with Gasteiger partial charge in [-0.3, -0.25) is 9.59 Å². The van der Waals surface area contributed by atoms with Crippen molar-refractivity contribution in [2.45, 2.75) is 26.5 Å². The number of aromatic amines is 1. The molecule has 2 amide bonds. The van der Waals surface area contributed by atoms with Crippen LogP contribution in [0.3, 0.4) is 0 Å². The van der Waals surface area contributed by atoms with E-state index in [0.29, 0.717) is 28.7 Å². The highest BCUT2D eigenvalue weighted by atomic mass is 16.3. The van der Waals surface area contributed by atoms with Crippen molar-refractivity contribution < 1.29 is 19.8 Å². The number of carbonyl (C=O) groups is 2. The van der Waals surface area contributed by atoms with Crippen molar-refractivity contribution in [1.29, 1.82) is 0 Å². The lowest BCUT2D eigenvalue weighted by atomic mass is 9.93. The summed E-state index contributed by atoms with van der Waals surface area (Å²) in [6.07, 6.45) is -1.01. The van der Waals surface area contributed by atoms with E-state index in [4.69, 9.17) is 5.73 Å². The average Bonchev–Trinajstić information content (AvgIpc) is 3.44. The van der Waals surface area contributed by atoms with Gasteiger partial charge in [-0.15, -0.1) is 0 Å². The fraction of sp³-hybridized carbons (Fsp3) is 0.161. The third-order valence-electron chi connectivity index (χ3n) is 7.55. The molecule has 0 aliphatic carbocycles. The van der Waals surface area contributed by atoms with Gasteiger partial charge in [0.1, 0.15) is 6.10 Å². The van der Waals surface area contributed by atoms with Crippen LogP contribution in [0.25, 0.3) is 32.9 Å². The molecule has 0 saturated heterocycles. The summed E-state index contributed by atoms with van der Waals surface area (Å²) in [5.74, 6) is -0.568. The summed E-state index contributed by atoms with van der Waals surface area (Å²) in [6.45, 7) is 4.15. The number of hydrogen-bond acceptors (Lipinski definition) is 4. The smallest absolute Gasteiger partial charge is 0.258 e. The van der Waals surface area contributed by atoms with Crippen LogP contribution in [0, 0.1) is 13.8 Å². The van der Waals surface area contributed by atoms with Gasteiger partial charge >= 0.3 is 0 Å². The molecule has 1 unspecified atom stereocenters. The number of primary amides is 1. The molecule has 6 rings (SSSR count). The number of aliphatic hydroxyl groups excluding tert-OH is 2. The summed E-state index contributed by atoms with van der Waals surface area (Å²) in [7, 11) is 0. The van der Waals surface area contributed by atoms with Crippen molar-refractivity contribution in [3.63, 3.8) is 0 Å². The highest BCUT2D eigenvalue weighted by molar-refractivity contribution is 6.20. The molecule has 2 heterocycles. The molecule has 7 heteroatoms. The Morgan fingerprint density at radius 2 is 1.82 bits per heavy atom. The topological polar surface area (TPSA) is 120 Å². The Labute approximate surface area is 219 Å². The number of aromatic nitrogens is 1. The quantitative estimate of drug-likeness (QED) is 0.272. The molecule has 1 aliphatic rings. The number of fused-ring (bicyclic) bond motifs is 4. The third kappa shape index (κ3) is 3.59. The fourth-order valence-electron chi connectivity index (χ4n) is 5.62. The number of carbonyl (C=O) groups excluding carboxylic acids is 2. The summed E-state index contributed by atoms with van der Waals surface area (Å²) in [5.41, 5.74) is 14.4. The van der Waals surface area contributed by atoms with E-state index in [9.17, 15) is 19.8 Å². The van der Waals surface area contributed by atoms with Crippen molar-refractivity contribution in [1.82, 2.24) is 4.98 Å². The number of aliphatic hydroxyl groups is 2. The monoisotopic (exact) mass is 505 g/mol. The van der Waals surface area contributed by atoms with E-state index < -0.39 is 18.6 Å². The Bertz CT molecular complexity index is 1790. The van der Waals surface area contributed by atoms with Crippen LogP contribution in [0.1, 0.15) is 49.1 Å². The largest absolute Gasteiger partial charge is 0.393 e. The molecule has 5 N–H and O–H groups in total. The molecule has 1 atom stereocenters. The van der Waals surface area contributed by atoms with E-state index in [1.807, 2.05) is 61.2 Å². The van der Waals surface area contributed by atoms with Crippen LogP contribution < -0.4 is 10.6 Å². The summed E-state index contributed by atoms with van der Waals surface area (Å²) in [4.78, 5) is 30.8. The van der Waals surface area contributed by atoms with E-state index in [1.165, 1.54) is 0 Å². The first-order chi connectivity index (χ1) is 18.3. The maximum absolute atomic E-state index is 13.3. The summed E-state index contributed by atoms with van der Waals surface area (Å²) < 4.78 is 0. The number of benzene rings is 4. The number of H-pyrrole nitrogens is 1. The minimum atomic E-state index is -1.01. The Balaban J connectivity index is 1.54. The molecule has 1 aromatic heterocycles. The Hall–Kier alpha value is -4.46. The van der Waals surface area contributed by atoms with Gasteiger partial charge in [0.25, 0.3) is 11.8 Å². The lowest BCUT2D eigenvalue weighted by molar-refractivity contribution is 0.0957. The van der Waals surface area contributed by atoms with Crippen LogP contribution in [0.15, 0.2) is 66.7 Å². The van der Waals surface area contributed by atoms with Crippen LogP contribution in [-0.4, -0.2) is 33.6 Å². The number of hydrogen-bond donors (Lipinski definition) is 4. The first kappa shape index (κ1) is 23.9. The van der Waals surface area contributed by atoms with E-state index in [1.54, 1.807) is 18.2 Å². The van der Waals surface area contributed by atoms with Crippen LogP contribution in [0.5, 0.6) is 0 Å². The molecule has 1 aliphatic heterocycles. The number of rotatable bonds is 5. The minimum absolute atomic E-state index is 0.0171. The van der Waals surface area contributed by atoms with Gasteiger partial charge in [-0.05, 0) is 65.9 Å². The molecule has 38 heavy (non-hydrogen) atoms. The molecular formula is C31H27N3O4. The van der Waals surface area contributed by atoms with E-state index in [0.717, 1.165) is 49.8 Å². The molecule has 0 bridgehead atoms. The lowest BCUT2D eigenvalue weighted by Gasteiger charge is -2.21. The predicted octanol–water partition coefficient (Wildman–Crippen LogP) is 4.89. The molecule has 0 spiro atoms. The Morgan fingerprint density at radius 3 is 2.58 bits per heavy atom. The van der Waals surface area contributed by atoms with Crippen LogP contribution in [0.2, 0.25) is 0 Å². The maximum atomic E-state index is 13.3. The molecule has 4 aromatic carbocycles. The second-order valence-corrected chi connectivity index (χ2v) is 9.90. The predicted molar refractivity (Wildman–Crippen MR) is 148 cm³/mol. The standard InChI is InChI=1S/C31H27N3O4/c1-16-6-8-21-19(12-16)14-34(31(21)38)26-5-3-4-20(17(26)2)22-10-11-24(30(32)37)29-28(22)23-9-7-18(27(36)15-35)13-25(23)33-29/h3-13,27,33,35-36H,14-15H2,1-2H3,(H2,32,37). The highest BCUT2D eigenvalue weighted by Crippen LogP contribution is 2.41. The van der Waals surface area contributed by atoms with Gasteiger partial charge in [0, 0.05) is 27.5 Å². The van der Waals surface area contributed by atoms with Gasteiger partial charge < -0.3 is 25.8 Å². The zero-order valence-electron chi connectivity index (χ0n) is 21.1. The first-order valence-corrected chi connectivity index (χ1v) is 12.5. The van der Waals surface area contributed by atoms with Crippen LogP contribution >= 0.6 is 0 Å². The zero-order valence-corrected chi connectivity index (χ0v) is 21.1. The Kier molecular flexibility index (Phi) is 5.56. The van der Waals surface area contributed by atoms with Gasteiger partial charge in [0.15, 0.2) is 0 Å². The third-order valence-corrected chi connectivity index (χ3v) is 7.55. The molecule has 0 fully saturated rings. The van der Waals surface area contributed by atoms with Gasteiger partial charge in [-0.2, -0.15) is 0 Å². The van der Waals surface area contributed by atoms with Crippen molar-refractivity contribution in [3.8, 4) is 11.1 Å². The first-order valence-electron chi connectivity index (χ1n) is 12.5. The van der Waals surface area contributed by atoms with Crippen molar-refractivity contribution >= 4 is 39.3 Å². The van der Waals surface area contributed by atoms with E-state index in [2.05, 4.69) is 11.1 Å². The summed E-state index contributed by atoms with van der Waals surface area (Å²) in [6, 6.07) is 20.9.